The average Bonchev–Trinajstić information content (AvgIpc) is 3.07. The van der Waals surface area contributed by atoms with E-state index in [0.717, 1.165) is 10.7 Å². The minimum absolute atomic E-state index is 0.0832. The smallest absolute Gasteiger partial charge is 0.237 e. The van der Waals surface area contributed by atoms with Gasteiger partial charge in [-0.15, -0.1) is 11.8 Å². The number of nitrogens with zero attached hydrogens (tertiary/aromatic N) is 3. The molecule has 3 rings (SSSR count). The lowest BCUT2D eigenvalue weighted by molar-refractivity contribution is -0.141. The van der Waals surface area contributed by atoms with Crippen molar-refractivity contribution >= 4 is 11.8 Å². The van der Waals surface area contributed by atoms with Gasteiger partial charge in [0.2, 0.25) is 0 Å². The molecule has 0 unspecified atom stereocenters. The third kappa shape index (κ3) is 4.67. The topological polar surface area (TPSA) is 30.7 Å². The molecule has 1 aromatic carbocycles. The van der Waals surface area contributed by atoms with Crippen LogP contribution in [-0.2, 0) is 6.18 Å². The summed E-state index contributed by atoms with van der Waals surface area (Å²) in [5.74, 6) is -0.928. The molecular weight excluding hydrogens is 404 g/mol. The van der Waals surface area contributed by atoms with Crippen molar-refractivity contribution in [3.05, 3.63) is 59.9 Å². The van der Waals surface area contributed by atoms with Crippen molar-refractivity contribution in [3.63, 3.8) is 0 Å². The summed E-state index contributed by atoms with van der Waals surface area (Å²) >= 11 is 0.584. The monoisotopic (exact) mass is 417 g/mol. The van der Waals surface area contributed by atoms with Crippen molar-refractivity contribution < 1.29 is 26.3 Å². The molecule has 28 heavy (non-hydrogen) atoms. The van der Waals surface area contributed by atoms with Crippen LogP contribution in [0, 0.1) is 6.92 Å². The summed E-state index contributed by atoms with van der Waals surface area (Å²) in [6, 6.07) is 10.1. The standard InChI is InChI=1S/C18H13F6N3S/c1-11-5-6-12(8-14(11)28-10-17(19,20)21)13-9-15(18(22,23)24)26-27(13)16-4-2-3-7-25-16/h2-9H,10H2,1H3. The summed E-state index contributed by atoms with van der Waals surface area (Å²) in [5.41, 5.74) is -0.125. The van der Waals surface area contributed by atoms with Crippen LogP contribution in [0.15, 0.2) is 53.6 Å². The highest BCUT2D eigenvalue weighted by molar-refractivity contribution is 7.99. The van der Waals surface area contributed by atoms with Gasteiger partial charge in [-0.05, 0) is 36.8 Å². The van der Waals surface area contributed by atoms with Gasteiger partial charge in [-0.2, -0.15) is 31.4 Å². The van der Waals surface area contributed by atoms with Gasteiger partial charge in [-0.1, -0.05) is 18.2 Å². The first-order valence-electron chi connectivity index (χ1n) is 7.94. The van der Waals surface area contributed by atoms with Crippen LogP contribution in [0.25, 0.3) is 17.1 Å². The maximum atomic E-state index is 13.2. The molecule has 0 aliphatic heterocycles. The molecule has 0 aliphatic rings. The summed E-state index contributed by atoms with van der Waals surface area (Å²) in [4.78, 5) is 4.35. The van der Waals surface area contributed by atoms with Crippen LogP contribution in [0.5, 0.6) is 0 Å². The van der Waals surface area contributed by atoms with Crippen LogP contribution in [0.3, 0.4) is 0 Å². The number of benzene rings is 1. The Bertz CT molecular complexity index is 964. The first-order chi connectivity index (χ1) is 13.0. The van der Waals surface area contributed by atoms with E-state index in [1.54, 1.807) is 31.2 Å². The molecule has 0 bridgehead atoms. The maximum Gasteiger partial charge on any atom is 0.435 e. The van der Waals surface area contributed by atoms with Crippen LogP contribution >= 0.6 is 11.8 Å². The van der Waals surface area contributed by atoms with Gasteiger partial charge in [0.15, 0.2) is 11.5 Å². The Balaban J connectivity index is 2.09. The molecule has 0 aliphatic carbocycles. The number of halogens is 6. The summed E-state index contributed by atoms with van der Waals surface area (Å²) in [6.45, 7) is 1.64. The molecule has 0 amide bonds. The molecule has 0 saturated carbocycles. The van der Waals surface area contributed by atoms with Gasteiger partial charge < -0.3 is 0 Å². The number of pyridine rings is 1. The molecule has 0 atom stereocenters. The lowest BCUT2D eigenvalue weighted by Crippen LogP contribution is -2.10. The Morgan fingerprint density at radius 2 is 1.75 bits per heavy atom. The van der Waals surface area contributed by atoms with Crippen molar-refractivity contribution in [3.8, 4) is 17.1 Å². The number of aryl methyl sites for hydroxylation is 1. The fourth-order valence-corrected chi connectivity index (χ4v) is 3.28. The third-order valence-corrected chi connectivity index (χ3v) is 4.96. The minimum atomic E-state index is -4.67. The van der Waals surface area contributed by atoms with Gasteiger partial charge in [0.1, 0.15) is 0 Å². The lowest BCUT2D eigenvalue weighted by Gasteiger charge is -2.11. The number of aromatic nitrogens is 3. The Hall–Kier alpha value is -2.49. The molecular formula is C18H13F6N3S. The largest absolute Gasteiger partial charge is 0.435 e. The van der Waals surface area contributed by atoms with Crippen molar-refractivity contribution in [2.75, 3.05) is 5.75 Å². The van der Waals surface area contributed by atoms with Gasteiger partial charge in [0, 0.05) is 16.7 Å². The minimum Gasteiger partial charge on any atom is -0.237 e. The predicted molar refractivity (Wildman–Crippen MR) is 93.3 cm³/mol. The van der Waals surface area contributed by atoms with Crippen LogP contribution in [0.1, 0.15) is 11.3 Å². The maximum absolute atomic E-state index is 13.2. The molecule has 0 N–H and O–H groups in total. The number of rotatable bonds is 4. The molecule has 2 aromatic heterocycles. The number of hydrogen-bond donors (Lipinski definition) is 0. The number of thioether (sulfide) groups is 1. The highest BCUT2D eigenvalue weighted by Crippen LogP contribution is 2.36. The SMILES string of the molecule is Cc1ccc(-c2cc(C(F)(F)F)nn2-c2ccccn2)cc1SCC(F)(F)F. The molecule has 148 valence electrons. The van der Waals surface area contributed by atoms with Crippen LogP contribution < -0.4 is 0 Å². The highest BCUT2D eigenvalue weighted by atomic mass is 32.2. The first kappa shape index (κ1) is 20.2. The van der Waals surface area contributed by atoms with Crippen LogP contribution in [0.4, 0.5) is 26.3 Å². The van der Waals surface area contributed by atoms with E-state index < -0.39 is 23.8 Å². The van der Waals surface area contributed by atoms with Crippen molar-refractivity contribution in [2.24, 2.45) is 0 Å². The second kappa shape index (κ2) is 7.50. The molecule has 3 aromatic rings. The molecule has 10 heteroatoms. The molecule has 0 spiro atoms. The van der Waals surface area contributed by atoms with Crippen molar-refractivity contribution in [2.45, 2.75) is 24.2 Å². The van der Waals surface area contributed by atoms with Gasteiger partial charge in [0.05, 0.1) is 11.4 Å². The highest BCUT2D eigenvalue weighted by Gasteiger charge is 2.35. The van der Waals surface area contributed by atoms with Gasteiger partial charge in [0.25, 0.3) is 0 Å². The van der Waals surface area contributed by atoms with Gasteiger partial charge in [-0.25, -0.2) is 9.67 Å². The zero-order chi connectivity index (χ0) is 20.5. The fraction of sp³-hybridized carbons (Fsp3) is 0.222. The molecule has 0 saturated heterocycles. The van der Waals surface area contributed by atoms with E-state index >= 15 is 0 Å². The summed E-state index contributed by atoms with van der Waals surface area (Å²) < 4.78 is 78.2. The van der Waals surface area contributed by atoms with Crippen LogP contribution in [-0.4, -0.2) is 26.7 Å². The van der Waals surface area contributed by atoms with E-state index in [1.807, 2.05) is 0 Å². The van der Waals surface area contributed by atoms with Crippen molar-refractivity contribution in [1.82, 2.24) is 14.8 Å². The zero-order valence-corrected chi connectivity index (χ0v) is 15.2. The van der Waals surface area contributed by atoms with Crippen LogP contribution in [0.2, 0.25) is 0 Å². The Kier molecular flexibility index (Phi) is 5.42. The summed E-state index contributed by atoms with van der Waals surface area (Å²) in [7, 11) is 0. The van der Waals surface area contributed by atoms with E-state index in [-0.39, 0.29) is 11.5 Å². The molecule has 0 radical (unpaired) electrons. The Morgan fingerprint density at radius 1 is 1.00 bits per heavy atom. The van der Waals surface area contributed by atoms with E-state index in [2.05, 4.69) is 10.1 Å². The first-order valence-corrected chi connectivity index (χ1v) is 8.92. The van der Waals surface area contributed by atoms with E-state index in [0.29, 0.717) is 27.8 Å². The van der Waals surface area contributed by atoms with Gasteiger partial charge in [-0.3, -0.25) is 0 Å². The number of hydrogen-bond acceptors (Lipinski definition) is 3. The average molecular weight is 417 g/mol. The Labute approximate surface area is 160 Å². The van der Waals surface area contributed by atoms with Crippen molar-refractivity contribution in [1.29, 1.82) is 0 Å². The second-order valence-corrected chi connectivity index (χ2v) is 6.91. The lowest BCUT2D eigenvalue weighted by atomic mass is 10.1. The molecule has 3 nitrogen and oxygen atoms in total. The zero-order valence-electron chi connectivity index (χ0n) is 14.3. The predicted octanol–water partition coefficient (Wildman–Crippen LogP) is 5.92. The normalized spacial score (nSPS) is 12.4. The quantitative estimate of drug-likeness (QED) is 0.390. The van der Waals surface area contributed by atoms with E-state index in [9.17, 15) is 26.3 Å². The third-order valence-electron chi connectivity index (χ3n) is 3.74. The summed E-state index contributed by atoms with van der Waals surface area (Å²) in [5, 5.41) is 3.61. The Morgan fingerprint density at radius 3 is 2.36 bits per heavy atom. The molecule has 0 fully saturated rings. The van der Waals surface area contributed by atoms with E-state index in [4.69, 9.17) is 0 Å². The second-order valence-electron chi connectivity index (χ2n) is 5.90. The fourth-order valence-electron chi connectivity index (χ4n) is 2.45. The summed E-state index contributed by atoms with van der Waals surface area (Å²) in [6.07, 6.45) is -7.62. The van der Waals surface area contributed by atoms with Gasteiger partial charge >= 0.3 is 12.4 Å². The molecule has 2 heterocycles. The van der Waals surface area contributed by atoms with E-state index in [1.165, 1.54) is 18.3 Å². The number of alkyl halides is 6.